The minimum atomic E-state index is -0.275. The summed E-state index contributed by atoms with van der Waals surface area (Å²) in [6.45, 7) is 2.00. The molecule has 20 heavy (non-hydrogen) atoms. The first kappa shape index (κ1) is 12.6. The van der Waals surface area contributed by atoms with Gasteiger partial charge in [-0.05, 0) is 31.2 Å². The summed E-state index contributed by atoms with van der Waals surface area (Å²) in [5.41, 5.74) is 0.541. The molecule has 1 amide bonds. The molecule has 2 aromatic heterocycles. The molecule has 0 bridgehead atoms. The van der Waals surface area contributed by atoms with E-state index in [1.54, 1.807) is 35.6 Å². The lowest BCUT2D eigenvalue weighted by molar-refractivity contribution is 0.102. The third-order valence-electron chi connectivity index (χ3n) is 2.63. The van der Waals surface area contributed by atoms with Gasteiger partial charge in [0.05, 0.1) is 4.88 Å². The second-order valence-corrected chi connectivity index (χ2v) is 5.43. The fraction of sp³-hybridized carbons (Fsp3) is 0.0714. The van der Waals surface area contributed by atoms with Crippen LogP contribution in [-0.4, -0.2) is 16.1 Å². The number of aryl methyl sites for hydroxylation is 1. The summed E-state index contributed by atoms with van der Waals surface area (Å²) < 4.78 is 5.43. The van der Waals surface area contributed by atoms with Gasteiger partial charge in [-0.15, -0.1) is 16.4 Å². The molecule has 5 nitrogen and oxygen atoms in total. The predicted molar refractivity (Wildman–Crippen MR) is 76.7 cm³/mol. The van der Waals surface area contributed by atoms with Gasteiger partial charge in [0.1, 0.15) is 0 Å². The zero-order valence-electron chi connectivity index (χ0n) is 10.7. The Balaban J connectivity index is 1.76. The van der Waals surface area contributed by atoms with Crippen LogP contribution in [0.1, 0.15) is 15.2 Å². The summed E-state index contributed by atoms with van der Waals surface area (Å²) in [4.78, 5) is 14.0. The highest BCUT2D eigenvalue weighted by Crippen LogP contribution is 2.27. The van der Waals surface area contributed by atoms with Crippen LogP contribution >= 0.6 is 11.3 Å². The van der Waals surface area contributed by atoms with E-state index in [0.717, 1.165) is 9.75 Å². The number of carbonyl (C=O) groups excluding carboxylic acids is 1. The zero-order chi connectivity index (χ0) is 13.9. The molecule has 0 fully saturated rings. The molecule has 0 aliphatic rings. The maximum atomic E-state index is 11.9. The molecule has 0 spiro atoms. The van der Waals surface area contributed by atoms with Crippen LogP contribution in [0.4, 0.5) is 6.01 Å². The fourth-order valence-corrected chi connectivity index (χ4v) is 2.47. The van der Waals surface area contributed by atoms with Gasteiger partial charge >= 0.3 is 6.01 Å². The number of nitrogens with zero attached hydrogens (tertiary/aromatic N) is 2. The van der Waals surface area contributed by atoms with E-state index in [9.17, 15) is 4.79 Å². The van der Waals surface area contributed by atoms with Crippen LogP contribution in [-0.2, 0) is 0 Å². The predicted octanol–water partition coefficient (Wildman–Crippen LogP) is 3.36. The molecule has 3 rings (SSSR count). The molecule has 0 unspecified atom stereocenters. The first-order valence-corrected chi connectivity index (χ1v) is 6.81. The quantitative estimate of drug-likeness (QED) is 0.801. The van der Waals surface area contributed by atoms with Crippen LogP contribution in [0.2, 0.25) is 0 Å². The molecule has 3 aromatic rings. The third-order valence-corrected chi connectivity index (χ3v) is 3.62. The number of aromatic nitrogens is 2. The molecular weight excluding hydrogens is 274 g/mol. The van der Waals surface area contributed by atoms with Crippen LogP contribution < -0.4 is 5.32 Å². The second kappa shape index (κ2) is 5.26. The van der Waals surface area contributed by atoms with Gasteiger partial charge in [-0.3, -0.25) is 10.1 Å². The van der Waals surface area contributed by atoms with Crippen molar-refractivity contribution in [2.24, 2.45) is 0 Å². The van der Waals surface area contributed by atoms with Crippen molar-refractivity contribution in [3.8, 4) is 10.8 Å². The topological polar surface area (TPSA) is 68.0 Å². The Kier molecular flexibility index (Phi) is 3.30. The van der Waals surface area contributed by atoms with Crippen LogP contribution in [0.3, 0.4) is 0 Å². The van der Waals surface area contributed by atoms with Gasteiger partial charge in [0.2, 0.25) is 0 Å². The zero-order valence-corrected chi connectivity index (χ0v) is 11.5. The van der Waals surface area contributed by atoms with Gasteiger partial charge in [-0.2, -0.15) is 0 Å². The first-order chi connectivity index (χ1) is 9.72. The monoisotopic (exact) mass is 285 g/mol. The fourth-order valence-electron chi connectivity index (χ4n) is 1.68. The Morgan fingerprint density at radius 1 is 1.15 bits per heavy atom. The SMILES string of the molecule is Cc1ccc(-c2nnc(NC(=O)c3ccccc3)o2)s1. The number of amides is 1. The normalized spacial score (nSPS) is 10.4. The number of benzene rings is 1. The van der Waals surface area contributed by atoms with Gasteiger partial charge in [0, 0.05) is 10.4 Å². The van der Waals surface area contributed by atoms with E-state index in [4.69, 9.17) is 4.42 Å². The Bertz CT molecular complexity index is 734. The van der Waals surface area contributed by atoms with Crippen molar-refractivity contribution in [3.63, 3.8) is 0 Å². The number of nitrogens with one attached hydrogen (secondary N) is 1. The van der Waals surface area contributed by atoms with E-state index in [0.29, 0.717) is 11.5 Å². The van der Waals surface area contributed by atoms with E-state index < -0.39 is 0 Å². The highest BCUT2D eigenvalue weighted by molar-refractivity contribution is 7.15. The van der Waals surface area contributed by atoms with Crippen molar-refractivity contribution in [1.82, 2.24) is 10.2 Å². The van der Waals surface area contributed by atoms with Crippen LogP contribution in [0, 0.1) is 6.92 Å². The molecular formula is C14H11N3O2S. The average Bonchev–Trinajstić information content (AvgIpc) is 3.09. The third kappa shape index (κ3) is 2.60. The van der Waals surface area contributed by atoms with Gasteiger partial charge in [-0.1, -0.05) is 23.3 Å². The number of anilines is 1. The molecule has 2 heterocycles. The van der Waals surface area contributed by atoms with Gasteiger partial charge in [0.15, 0.2) is 0 Å². The number of hydrogen-bond acceptors (Lipinski definition) is 5. The summed E-state index contributed by atoms with van der Waals surface area (Å²) in [6, 6.07) is 12.9. The smallest absolute Gasteiger partial charge is 0.322 e. The summed E-state index contributed by atoms with van der Waals surface area (Å²) in [5.74, 6) is 0.134. The van der Waals surface area contributed by atoms with Crippen molar-refractivity contribution in [1.29, 1.82) is 0 Å². The Morgan fingerprint density at radius 3 is 2.65 bits per heavy atom. The van der Waals surface area contributed by atoms with Crippen molar-refractivity contribution in [3.05, 3.63) is 52.9 Å². The second-order valence-electron chi connectivity index (χ2n) is 4.14. The lowest BCUT2D eigenvalue weighted by Crippen LogP contribution is -2.11. The highest BCUT2D eigenvalue weighted by atomic mass is 32.1. The maximum Gasteiger partial charge on any atom is 0.322 e. The summed E-state index contributed by atoms with van der Waals surface area (Å²) in [6.07, 6.45) is 0. The summed E-state index contributed by atoms with van der Waals surface area (Å²) in [7, 11) is 0. The molecule has 0 aliphatic heterocycles. The minimum Gasteiger partial charge on any atom is -0.402 e. The molecule has 0 saturated carbocycles. The van der Waals surface area contributed by atoms with Gasteiger partial charge in [-0.25, -0.2) is 0 Å². The molecule has 0 saturated heterocycles. The van der Waals surface area contributed by atoms with Crippen molar-refractivity contribution in [2.75, 3.05) is 5.32 Å². The molecule has 0 atom stereocenters. The van der Waals surface area contributed by atoms with E-state index in [2.05, 4.69) is 15.5 Å². The van der Waals surface area contributed by atoms with Crippen LogP contribution in [0.15, 0.2) is 46.9 Å². The summed E-state index contributed by atoms with van der Waals surface area (Å²) >= 11 is 1.56. The van der Waals surface area contributed by atoms with Crippen molar-refractivity contribution in [2.45, 2.75) is 6.92 Å². The lowest BCUT2D eigenvalue weighted by Gasteiger charge is -1.99. The standard InChI is InChI=1S/C14H11N3O2S/c1-9-7-8-11(20-9)13-16-17-14(19-13)15-12(18)10-5-3-2-4-6-10/h2-8H,1H3,(H,15,17,18). The van der Waals surface area contributed by atoms with E-state index in [1.165, 1.54) is 0 Å². The first-order valence-electron chi connectivity index (χ1n) is 5.99. The van der Waals surface area contributed by atoms with Crippen molar-refractivity contribution < 1.29 is 9.21 Å². The van der Waals surface area contributed by atoms with Crippen molar-refractivity contribution >= 4 is 23.3 Å². The molecule has 1 N–H and O–H groups in total. The molecule has 6 heteroatoms. The molecule has 100 valence electrons. The van der Waals surface area contributed by atoms with Crippen LogP contribution in [0.5, 0.6) is 0 Å². The number of thiophene rings is 1. The Morgan fingerprint density at radius 2 is 1.95 bits per heavy atom. The number of rotatable bonds is 3. The molecule has 0 aliphatic carbocycles. The van der Waals surface area contributed by atoms with E-state index >= 15 is 0 Å². The van der Waals surface area contributed by atoms with Gasteiger partial charge < -0.3 is 4.42 Å². The average molecular weight is 285 g/mol. The van der Waals surface area contributed by atoms with Gasteiger partial charge in [0.25, 0.3) is 11.8 Å². The lowest BCUT2D eigenvalue weighted by atomic mass is 10.2. The Labute approximate surface area is 119 Å². The molecule has 1 aromatic carbocycles. The van der Waals surface area contributed by atoms with E-state index in [-0.39, 0.29) is 11.9 Å². The maximum absolute atomic E-state index is 11.9. The minimum absolute atomic E-state index is 0.0971. The summed E-state index contributed by atoms with van der Waals surface area (Å²) in [5, 5.41) is 10.3. The number of carbonyl (C=O) groups is 1. The molecule has 0 radical (unpaired) electrons. The number of hydrogen-bond donors (Lipinski definition) is 1. The highest BCUT2D eigenvalue weighted by Gasteiger charge is 2.13. The van der Waals surface area contributed by atoms with Crippen LogP contribution in [0.25, 0.3) is 10.8 Å². The Hall–Kier alpha value is -2.47. The van der Waals surface area contributed by atoms with E-state index in [1.807, 2.05) is 25.1 Å². The largest absolute Gasteiger partial charge is 0.402 e.